The van der Waals surface area contributed by atoms with E-state index in [2.05, 4.69) is 5.32 Å². The van der Waals surface area contributed by atoms with E-state index >= 15 is 0 Å². The van der Waals surface area contributed by atoms with Crippen LogP contribution in [0.15, 0.2) is 0 Å². The van der Waals surface area contributed by atoms with Gasteiger partial charge >= 0.3 is 0 Å². The average Bonchev–Trinajstić information content (AvgIpc) is 2.67. The highest BCUT2D eigenvalue weighted by atomic mass is 16.1. The number of nitrogens with two attached hydrogens (primary N) is 1. The Morgan fingerprint density at radius 1 is 0.944 bits per heavy atom. The topological polar surface area (TPSA) is 55.1 Å². The van der Waals surface area contributed by atoms with Crippen LogP contribution >= 0.6 is 0 Å². The van der Waals surface area contributed by atoms with E-state index < -0.39 is 0 Å². The fraction of sp³-hybridized carbons (Fsp3) is 0.933. The van der Waals surface area contributed by atoms with Crippen molar-refractivity contribution in [2.75, 3.05) is 6.54 Å². The molecule has 0 bridgehead atoms. The summed E-state index contributed by atoms with van der Waals surface area (Å²) in [6.07, 6.45) is 12.2. The first-order chi connectivity index (χ1) is 8.81. The molecule has 18 heavy (non-hydrogen) atoms. The molecule has 2 fully saturated rings. The van der Waals surface area contributed by atoms with E-state index in [1.54, 1.807) is 0 Å². The molecule has 2 aliphatic carbocycles. The van der Waals surface area contributed by atoms with E-state index in [0.717, 1.165) is 12.8 Å². The van der Waals surface area contributed by atoms with Gasteiger partial charge in [-0.2, -0.15) is 0 Å². The van der Waals surface area contributed by atoms with Crippen molar-refractivity contribution in [2.24, 2.45) is 17.6 Å². The smallest absolute Gasteiger partial charge is 0.223 e. The fourth-order valence-electron chi connectivity index (χ4n) is 3.57. The Morgan fingerprint density at radius 2 is 1.56 bits per heavy atom. The third-order valence-electron chi connectivity index (χ3n) is 4.75. The van der Waals surface area contributed by atoms with Crippen LogP contribution in [0.25, 0.3) is 0 Å². The van der Waals surface area contributed by atoms with Crippen molar-refractivity contribution in [3.8, 4) is 0 Å². The molecule has 0 spiro atoms. The van der Waals surface area contributed by atoms with Crippen molar-refractivity contribution < 1.29 is 4.79 Å². The molecule has 0 saturated heterocycles. The minimum Gasteiger partial charge on any atom is -0.353 e. The summed E-state index contributed by atoms with van der Waals surface area (Å²) in [5, 5.41) is 3.30. The number of hydrogen-bond donors (Lipinski definition) is 2. The largest absolute Gasteiger partial charge is 0.353 e. The Balaban J connectivity index is 1.85. The highest BCUT2D eigenvalue weighted by Crippen LogP contribution is 2.30. The molecular weight excluding hydrogens is 224 g/mol. The van der Waals surface area contributed by atoms with Gasteiger partial charge in [-0.15, -0.1) is 0 Å². The molecule has 2 aliphatic rings. The van der Waals surface area contributed by atoms with Gasteiger partial charge in [0.2, 0.25) is 5.91 Å². The molecular formula is C15H28N2O. The van der Waals surface area contributed by atoms with Crippen LogP contribution in [-0.2, 0) is 4.79 Å². The molecule has 0 radical (unpaired) electrons. The van der Waals surface area contributed by atoms with Gasteiger partial charge in [0.15, 0.2) is 0 Å². The lowest BCUT2D eigenvalue weighted by Crippen LogP contribution is -2.43. The second kappa shape index (κ2) is 7.13. The van der Waals surface area contributed by atoms with Gasteiger partial charge in [0, 0.05) is 12.0 Å². The summed E-state index contributed by atoms with van der Waals surface area (Å²) >= 11 is 0. The summed E-state index contributed by atoms with van der Waals surface area (Å²) in [5.74, 6) is 0.897. The van der Waals surface area contributed by atoms with Crippen LogP contribution < -0.4 is 11.1 Å². The lowest BCUT2D eigenvalue weighted by molar-refractivity contribution is -0.128. The van der Waals surface area contributed by atoms with E-state index in [9.17, 15) is 4.79 Å². The SMILES string of the molecule is NCC1CCCCC1C(=O)NC1CCCCCC1. The van der Waals surface area contributed by atoms with Gasteiger partial charge < -0.3 is 11.1 Å². The predicted molar refractivity (Wildman–Crippen MR) is 74.1 cm³/mol. The van der Waals surface area contributed by atoms with Crippen LogP contribution in [0.5, 0.6) is 0 Å². The Hall–Kier alpha value is -0.570. The van der Waals surface area contributed by atoms with Crippen LogP contribution in [-0.4, -0.2) is 18.5 Å². The standard InChI is InChI=1S/C15H28N2O/c16-11-12-7-5-6-10-14(12)15(18)17-13-8-3-1-2-4-9-13/h12-14H,1-11,16H2,(H,17,18). The van der Waals surface area contributed by atoms with Crippen molar-refractivity contribution in [2.45, 2.75) is 70.3 Å². The second-order valence-corrected chi connectivity index (χ2v) is 6.08. The van der Waals surface area contributed by atoms with Crippen LogP contribution in [0, 0.1) is 11.8 Å². The molecule has 0 aromatic rings. The number of nitrogens with one attached hydrogen (secondary N) is 1. The zero-order valence-corrected chi connectivity index (χ0v) is 11.5. The minimum absolute atomic E-state index is 0.187. The van der Waals surface area contributed by atoms with Crippen molar-refractivity contribution in [1.29, 1.82) is 0 Å². The van der Waals surface area contributed by atoms with E-state index in [1.165, 1.54) is 51.4 Å². The highest BCUT2D eigenvalue weighted by Gasteiger charge is 2.30. The summed E-state index contributed by atoms with van der Waals surface area (Å²) in [7, 11) is 0. The van der Waals surface area contributed by atoms with Gasteiger partial charge in [-0.05, 0) is 38.1 Å². The Kier molecular flexibility index (Phi) is 5.48. The maximum absolute atomic E-state index is 12.4. The van der Waals surface area contributed by atoms with Crippen molar-refractivity contribution in [3.05, 3.63) is 0 Å². The van der Waals surface area contributed by atoms with Gasteiger partial charge in [0.05, 0.1) is 0 Å². The monoisotopic (exact) mass is 252 g/mol. The molecule has 2 unspecified atom stereocenters. The first-order valence-corrected chi connectivity index (χ1v) is 7.81. The van der Waals surface area contributed by atoms with Gasteiger partial charge in [-0.1, -0.05) is 38.5 Å². The summed E-state index contributed by atoms with van der Waals surface area (Å²) in [4.78, 5) is 12.4. The maximum Gasteiger partial charge on any atom is 0.223 e. The van der Waals surface area contributed by atoms with E-state index in [1.807, 2.05) is 0 Å². The number of amides is 1. The molecule has 0 aliphatic heterocycles. The van der Waals surface area contributed by atoms with Crippen LogP contribution in [0.2, 0.25) is 0 Å². The third kappa shape index (κ3) is 3.71. The van der Waals surface area contributed by atoms with Crippen LogP contribution in [0.3, 0.4) is 0 Å². The average molecular weight is 252 g/mol. The molecule has 0 heterocycles. The first kappa shape index (κ1) is 13.9. The number of rotatable bonds is 3. The van der Waals surface area contributed by atoms with Crippen LogP contribution in [0.1, 0.15) is 64.2 Å². The number of hydrogen-bond acceptors (Lipinski definition) is 2. The van der Waals surface area contributed by atoms with Crippen molar-refractivity contribution in [1.82, 2.24) is 5.32 Å². The van der Waals surface area contributed by atoms with Crippen molar-refractivity contribution in [3.63, 3.8) is 0 Å². The number of carbonyl (C=O) groups is 1. The van der Waals surface area contributed by atoms with Gasteiger partial charge in [0.25, 0.3) is 0 Å². The molecule has 3 heteroatoms. The molecule has 3 nitrogen and oxygen atoms in total. The molecule has 2 saturated carbocycles. The zero-order valence-electron chi connectivity index (χ0n) is 11.5. The minimum atomic E-state index is 0.187. The zero-order chi connectivity index (χ0) is 12.8. The normalized spacial score (nSPS) is 30.7. The fourth-order valence-corrected chi connectivity index (χ4v) is 3.57. The summed E-state index contributed by atoms with van der Waals surface area (Å²) < 4.78 is 0. The van der Waals surface area contributed by atoms with Crippen molar-refractivity contribution >= 4 is 5.91 Å². The molecule has 104 valence electrons. The molecule has 0 aromatic heterocycles. The summed E-state index contributed by atoms with van der Waals surface area (Å²) in [6, 6.07) is 0.431. The van der Waals surface area contributed by atoms with E-state index in [-0.39, 0.29) is 11.8 Å². The van der Waals surface area contributed by atoms with Gasteiger partial charge in [0.1, 0.15) is 0 Å². The van der Waals surface area contributed by atoms with Crippen LogP contribution in [0.4, 0.5) is 0 Å². The summed E-state index contributed by atoms with van der Waals surface area (Å²) in [6.45, 7) is 0.669. The number of carbonyl (C=O) groups excluding carboxylic acids is 1. The predicted octanol–water partition coefficient (Wildman–Crippen LogP) is 2.59. The first-order valence-electron chi connectivity index (χ1n) is 7.81. The van der Waals surface area contributed by atoms with E-state index in [4.69, 9.17) is 5.73 Å². The molecule has 1 amide bonds. The quantitative estimate of drug-likeness (QED) is 0.759. The summed E-state index contributed by atoms with van der Waals surface area (Å²) in [5.41, 5.74) is 5.81. The molecule has 0 aromatic carbocycles. The Morgan fingerprint density at radius 3 is 2.22 bits per heavy atom. The lowest BCUT2D eigenvalue weighted by Gasteiger charge is -2.31. The molecule has 2 rings (SSSR count). The Bertz CT molecular complexity index is 259. The molecule has 2 atom stereocenters. The van der Waals surface area contributed by atoms with Gasteiger partial charge in [-0.25, -0.2) is 0 Å². The van der Waals surface area contributed by atoms with E-state index in [0.29, 0.717) is 18.5 Å². The molecule has 3 N–H and O–H groups in total. The maximum atomic E-state index is 12.4. The lowest BCUT2D eigenvalue weighted by atomic mass is 9.78. The highest BCUT2D eigenvalue weighted by molar-refractivity contribution is 5.79. The van der Waals surface area contributed by atoms with Gasteiger partial charge in [-0.3, -0.25) is 4.79 Å². The third-order valence-corrected chi connectivity index (χ3v) is 4.75. The Labute approximate surface area is 111 Å². The second-order valence-electron chi connectivity index (χ2n) is 6.08.